The van der Waals surface area contributed by atoms with Crippen LogP contribution in [0.5, 0.6) is 0 Å². The van der Waals surface area contributed by atoms with Crippen molar-refractivity contribution >= 4 is 6.08 Å². The summed E-state index contributed by atoms with van der Waals surface area (Å²) < 4.78 is 11.7. The second kappa shape index (κ2) is 1.43. The van der Waals surface area contributed by atoms with Gasteiger partial charge < -0.3 is 0 Å². The predicted molar refractivity (Wildman–Crippen MR) is 21.4 cm³/mol. The Morgan fingerprint density at radius 1 is 1.86 bits per heavy atom. The molecule has 7 heavy (non-hydrogen) atoms. The van der Waals surface area contributed by atoms with E-state index in [0.29, 0.717) is 6.42 Å². The zero-order valence-corrected chi connectivity index (χ0v) is 3.60. The van der Waals surface area contributed by atoms with Crippen molar-refractivity contribution in [1.82, 2.24) is 0 Å². The summed E-state index contributed by atoms with van der Waals surface area (Å²) in [5.41, 5.74) is 0. The highest BCUT2D eigenvalue weighted by atomic mass is 19.1. The molecule has 1 saturated carbocycles. The average molecular weight is 101 g/mol. The first kappa shape index (κ1) is 4.47. The SMILES string of the molecule is O=C=NC1CC1F. The lowest BCUT2D eigenvalue weighted by atomic mass is 10.7. The van der Waals surface area contributed by atoms with Crippen molar-refractivity contribution in [2.45, 2.75) is 18.6 Å². The van der Waals surface area contributed by atoms with E-state index in [1.165, 1.54) is 6.08 Å². The maximum Gasteiger partial charge on any atom is 0.235 e. The van der Waals surface area contributed by atoms with Crippen LogP contribution in [0.4, 0.5) is 4.39 Å². The number of nitrogens with zero attached hydrogens (tertiary/aromatic N) is 1. The molecule has 38 valence electrons. The molecule has 1 rings (SSSR count). The second-order valence-electron chi connectivity index (χ2n) is 1.54. The van der Waals surface area contributed by atoms with Crippen molar-refractivity contribution in [2.24, 2.45) is 4.99 Å². The van der Waals surface area contributed by atoms with E-state index in [1.54, 1.807) is 0 Å². The van der Waals surface area contributed by atoms with Gasteiger partial charge in [0.2, 0.25) is 6.08 Å². The maximum atomic E-state index is 11.7. The number of alkyl halides is 1. The molecule has 1 aliphatic carbocycles. The first-order valence-corrected chi connectivity index (χ1v) is 2.05. The molecule has 2 atom stereocenters. The van der Waals surface area contributed by atoms with Gasteiger partial charge in [0.15, 0.2) is 0 Å². The molecular weight excluding hydrogens is 97.0 g/mol. The fraction of sp³-hybridized carbons (Fsp3) is 0.750. The van der Waals surface area contributed by atoms with Gasteiger partial charge in [-0.1, -0.05) is 0 Å². The molecule has 3 heteroatoms. The summed E-state index contributed by atoms with van der Waals surface area (Å²) in [7, 11) is 0. The standard InChI is InChI=1S/C4H4FNO/c5-3-1-4(3)6-2-7/h3-4H,1H2. The zero-order valence-electron chi connectivity index (χ0n) is 3.60. The molecule has 0 aromatic heterocycles. The monoisotopic (exact) mass is 101 g/mol. The maximum absolute atomic E-state index is 11.7. The molecule has 0 aliphatic heterocycles. The van der Waals surface area contributed by atoms with E-state index in [-0.39, 0.29) is 6.04 Å². The highest BCUT2D eigenvalue weighted by molar-refractivity contribution is 5.35. The highest BCUT2D eigenvalue weighted by Gasteiger charge is 2.37. The third-order valence-electron chi connectivity index (χ3n) is 0.900. The molecule has 1 fully saturated rings. The molecule has 0 N–H and O–H groups in total. The van der Waals surface area contributed by atoms with Gasteiger partial charge in [-0.2, -0.15) is 4.99 Å². The Bertz CT molecular complexity index is 119. The van der Waals surface area contributed by atoms with Crippen LogP contribution >= 0.6 is 0 Å². The third-order valence-corrected chi connectivity index (χ3v) is 0.900. The summed E-state index contributed by atoms with van der Waals surface area (Å²) in [4.78, 5) is 12.5. The number of isocyanates is 1. The normalized spacial score (nSPS) is 36.7. The Morgan fingerprint density at radius 3 is 2.57 bits per heavy atom. The number of hydrogen-bond donors (Lipinski definition) is 0. The Balaban J connectivity index is 2.34. The molecule has 2 nitrogen and oxygen atoms in total. The molecule has 0 aromatic rings. The summed E-state index contributed by atoms with van der Waals surface area (Å²) in [5, 5.41) is 0. The van der Waals surface area contributed by atoms with E-state index in [0.717, 1.165) is 0 Å². The lowest BCUT2D eigenvalue weighted by Gasteiger charge is -1.68. The van der Waals surface area contributed by atoms with Gasteiger partial charge in [0.1, 0.15) is 6.17 Å². The number of aliphatic imine (C=N–C) groups is 1. The molecule has 0 amide bonds. The van der Waals surface area contributed by atoms with Crippen LogP contribution in [-0.2, 0) is 4.79 Å². The molecule has 0 bridgehead atoms. The van der Waals surface area contributed by atoms with E-state index in [2.05, 4.69) is 4.99 Å². The minimum atomic E-state index is -0.860. The van der Waals surface area contributed by atoms with Crippen LogP contribution in [0.1, 0.15) is 6.42 Å². The van der Waals surface area contributed by atoms with Gasteiger partial charge >= 0.3 is 0 Å². The first-order valence-electron chi connectivity index (χ1n) is 2.05. The fourth-order valence-electron chi connectivity index (χ4n) is 0.353. The molecule has 0 aromatic carbocycles. The van der Waals surface area contributed by atoms with Crippen LogP contribution in [0.25, 0.3) is 0 Å². The van der Waals surface area contributed by atoms with Crippen molar-refractivity contribution in [1.29, 1.82) is 0 Å². The van der Waals surface area contributed by atoms with Crippen LogP contribution in [0.15, 0.2) is 4.99 Å². The fourth-order valence-corrected chi connectivity index (χ4v) is 0.353. The van der Waals surface area contributed by atoms with E-state index < -0.39 is 6.17 Å². The van der Waals surface area contributed by atoms with E-state index in [9.17, 15) is 9.18 Å². The summed E-state index contributed by atoms with van der Waals surface area (Å²) in [6.07, 6.45) is 0.847. The predicted octanol–water partition coefficient (Wildman–Crippen LogP) is 0.433. The van der Waals surface area contributed by atoms with E-state index in [4.69, 9.17) is 0 Å². The Kier molecular flexibility index (Phi) is 0.912. The number of halogens is 1. The topological polar surface area (TPSA) is 29.4 Å². The minimum absolute atomic E-state index is 0.350. The number of rotatable bonds is 1. The third kappa shape index (κ3) is 0.842. The first-order chi connectivity index (χ1) is 3.34. The summed E-state index contributed by atoms with van der Waals surface area (Å²) >= 11 is 0. The van der Waals surface area contributed by atoms with Crippen LogP contribution in [0.3, 0.4) is 0 Å². The second-order valence-corrected chi connectivity index (χ2v) is 1.54. The van der Waals surface area contributed by atoms with Gasteiger partial charge in [-0.25, -0.2) is 9.18 Å². The van der Waals surface area contributed by atoms with Crippen LogP contribution in [0.2, 0.25) is 0 Å². The van der Waals surface area contributed by atoms with Crippen LogP contribution in [-0.4, -0.2) is 18.3 Å². The number of hydrogen-bond acceptors (Lipinski definition) is 2. The van der Waals surface area contributed by atoms with Crippen molar-refractivity contribution in [3.63, 3.8) is 0 Å². The van der Waals surface area contributed by atoms with Crippen LogP contribution < -0.4 is 0 Å². The van der Waals surface area contributed by atoms with Gasteiger partial charge in [-0.15, -0.1) is 0 Å². The highest BCUT2D eigenvalue weighted by Crippen LogP contribution is 2.27. The molecule has 0 heterocycles. The van der Waals surface area contributed by atoms with Crippen molar-refractivity contribution in [3.05, 3.63) is 0 Å². The molecule has 0 spiro atoms. The van der Waals surface area contributed by atoms with Gasteiger partial charge in [0, 0.05) is 6.42 Å². The number of carbonyl (C=O) groups excluding carboxylic acids is 1. The van der Waals surface area contributed by atoms with E-state index >= 15 is 0 Å². The smallest absolute Gasteiger partial charge is 0.235 e. The zero-order chi connectivity index (χ0) is 5.28. The Hall–Kier alpha value is -0.690. The lowest BCUT2D eigenvalue weighted by Crippen LogP contribution is -1.77. The van der Waals surface area contributed by atoms with Gasteiger partial charge in [0.25, 0.3) is 0 Å². The van der Waals surface area contributed by atoms with Gasteiger partial charge in [-0.3, -0.25) is 0 Å². The summed E-state index contributed by atoms with van der Waals surface area (Å²) in [6, 6.07) is -0.350. The molecule has 0 radical (unpaired) electrons. The van der Waals surface area contributed by atoms with Crippen molar-refractivity contribution < 1.29 is 9.18 Å². The molecule has 1 aliphatic rings. The average Bonchev–Trinajstić information content (AvgIpc) is 2.22. The largest absolute Gasteiger partial charge is 0.245 e. The Labute approximate surface area is 40.1 Å². The molecular formula is C4H4FNO. The van der Waals surface area contributed by atoms with Crippen molar-refractivity contribution in [3.8, 4) is 0 Å². The molecule has 0 saturated heterocycles. The van der Waals surface area contributed by atoms with Crippen LogP contribution in [0, 0.1) is 0 Å². The van der Waals surface area contributed by atoms with Gasteiger partial charge in [-0.05, 0) is 0 Å². The lowest BCUT2D eigenvalue weighted by molar-refractivity contribution is 0.467. The van der Waals surface area contributed by atoms with E-state index in [1.807, 2.05) is 0 Å². The molecule has 2 unspecified atom stereocenters. The van der Waals surface area contributed by atoms with Gasteiger partial charge in [0.05, 0.1) is 6.04 Å². The Morgan fingerprint density at radius 2 is 2.43 bits per heavy atom. The quantitative estimate of drug-likeness (QED) is 0.348. The summed E-state index contributed by atoms with van der Waals surface area (Å²) in [6.45, 7) is 0. The van der Waals surface area contributed by atoms with Crippen molar-refractivity contribution in [2.75, 3.05) is 0 Å². The minimum Gasteiger partial charge on any atom is -0.245 e. The summed E-state index contributed by atoms with van der Waals surface area (Å²) in [5.74, 6) is 0.